The molecule has 2 amide bonds. The summed E-state index contributed by atoms with van der Waals surface area (Å²) in [7, 11) is 1.59. The predicted octanol–water partition coefficient (Wildman–Crippen LogP) is 2.06. The van der Waals surface area contributed by atoms with Crippen LogP contribution in [0.4, 0.5) is 5.69 Å². The van der Waals surface area contributed by atoms with E-state index in [1.54, 1.807) is 12.0 Å². The van der Waals surface area contributed by atoms with Gasteiger partial charge in [-0.3, -0.25) is 9.59 Å². The first-order chi connectivity index (χ1) is 13.0. The summed E-state index contributed by atoms with van der Waals surface area (Å²) in [5.74, 6) is 0.119. The second-order valence-electron chi connectivity index (χ2n) is 7.03. The zero-order chi connectivity index (χ0) is 19.1. The Morgan fingerprint density at radius 1 is 1.19 bits per heavy atom. The molecule has 0 aliphatic carbocycles. The minimum Gasteiger partial charge on any atom is -0.495 e. The Hall–Kier alpha value is -2.86. The zero-order valence-corrected chi connectivity index (χ0v) is 15.3. The topological polar surface area (TPSA) is 70.1 Å². The van der Waals surface area contributed by atoms with Gasteiger partial charge in [0.1, 0.15) is 17.9 Å². The number of hydrogen-bond acceptors (Lipinski definition) is 4. The zero-order valence-electron chi connectivity index (χ0n) is 15.3. The number of anilines is 1. The van der Waals surface area contributed by atoms with Gasteiger partial charge in [-0.15, -0.1) is 0 Å². The van der Waals surface area contributed by atoms with Gasteiger partial charge in [0.25, 0.3) is 5.91 Å². The first-order valence-electron chi connectivity index (χ1n) is 9.06. The Bertz CT molecular complexity index is 881. The second kappa shape index (κ2) is 6.70. The molecule has 3 atom stereocenters. The van der Waals surface area contributed by atoms with Gasteiger partial charge in [-0.25, -0.2) is 0 Å². The second-order valence-corrected chi connectivity index (χ2v) is 7.03. The molecule has 2 aromatic rings. The number of nitrogens with zero attached hydrogens (tertiary/aromatic N) is 2. The van der Waals surface area contributed by atoms with Gasteiger partial charge < -0.3 is 19.6 Å². The van der Waals surface area contributed by atoms with Crippen molar-refractivity contribution in [3.63, 3.8) is 0 Å². The van der Waals surface area contributed by atoms with Crippen LogP contribution in [-0.4, -0.2) is 53.7 Å². The van der Waals surface area contributed by atoms with E-state index in [0.717, 1.165) is 16.8 Å². The number of likely N-dealkylation sites (tertiary alicyclic amines) is 1. The maximum absolute atomic E-state index is 13.0. The third-order valence-corrected chi connectivity index (χ3v) is 5.35. The SMILES string of the molecule is COc1ccc(-c2ccccc2)cc1N1C(=O)C2CC1CN2C(=O)C(C)O. The highest BCUT2D eigenvalue weighted by Gasteiger charge is 2.52. The van der Waals surface area contributed by atoms with E-state index in [4.69, 9.17) is 4.74 Å². The third-order valence-electron chi connectivity index (χ3n) is 5.35. The highest BCUT2D eigenvalue weighted by Crippen LogP contribution is 2.41. The molecule has 4 rings (SSSR count). The summed E-state index contributed by atoms with van der Waals surface area (Å²) < 4.78 is 5.50. The van der Waals surface area contributed by atoms with E-state index in [0.29, 0.717) is 18.7 Å². The van der Waals surface area contributed by atoms with Gasteiger partial charge >= 0.3 is 0 Å². The maximum Gasteiger partial charge on any atom is 0.251 e. The van der Waals surface area contributed by atoms with E-state index in [1.807, 2.05) is 48.5 Å². The van der Waals surface area contributed by atoms with Crippen molar-refractivity contribution in [1.82, 2.24) is 4.90 Å². The van der Waals surface area contributed by atoms with E-state index in [-0.39, 0.29) is 17.9 Å². The van der Waals surface area contributed by atoms with Gasteiger partial charge in [-0.2, -0.15) is 0 Å². The molecular weight excluding hydrogens is 344 g/mol. The quantitative estimate of drug-likeness (QED) is 0.899. The Kier molecular flexibility index (Phi) is 4.36. The van der Waals surface area contributed by atoms with Crippen LogP contribution < -0.4 is 9.64 Å². The minimum absolute atomic E-state index is 0.106. The molecular formula is C21H22N2O4. The summed E-state index contributed by atoms with van der Waals surface area (Å²) in [4.78, 5) is 28.4. The van der Waals surface area contributed by atoms with Crippen molar-refractivity contribution >= 4 is 17.5 Å². The molecule has 2 bridgehead atoms. The van der Waals surface area contributed by atoms with E-state index in [2.05, 4.69) is 0 Å². The van der Waals surface area contributed by atoms with Crippen LogP contribution >= 0.6 is 0 Å². The smallest absolute Gasteiger partial charge is 0.251 e. The average molecular weight is 366 g/mol. The number of benzene rings is 2. The number of carbonyl (C=O) groups is 2. The van der Waals surface area contributed by atoms with Gasteiger partial charge in [0.05, 0.1) is 18.8 Å². The number of carbonyl (C=O) groups excluding carboxylic acids is 2. The lowest BCUT2D eigenvalue weighted by molar-refractivity contribution is -0.144. The van der Waals surface area contributed by atoms with Crippen LogP contribution in [0.5, 0.6) is 5.75 Å². The Morgan fingerprint density at radius 3 is 2.56 bits per heavy atom. The lowest BCUT2D eigenvalue weighted by Gasteiger charge is -2.35. The normalized spacial score (nSPS) is 22.3. The predicted molar refractivity (Wildman–Crippen MR) is 102 cm³/mol. The molecule has 2 aliphatic heterocycles. The van der Waals surface area contributed by atoms with Crippen molar-refractivity contribution in [3.8, 4) is 16.9 Å². The summed E-state index contributed by atoms with van der Waals surface area (Å²) in [5.41, 5.74) is 2.78. The van der Waals surface area contributed by atoms with Gasteiger partial charge in [0, 0.05) is 6.54 Å². The van der Waals surface area contributed by atoms with E-state index in [9.17, 15) is 14.7 Å². The lowest BCUT2D eigenvalue weighted by Crippen LogP contribution is -2.54. The molecule has 6 heteroatoms. The number of fused-ring (bicyclic) bond motifs is 2. The van der Waals surface area contributed by atoms with Gasteiger partial charge in [-0.05, 0) is 36.6 Å². The van der Waals surface area contributed by atoms with Crippen molar-refractivity contribution in [3.05, 3.63) is 48.5 Å². The molecule has 0 radical (unpaired) electrons. The van der Waals surface area contributed by atoms with Gasteiger partial charge in [0.2, 0.25) is 5.91 Å². The number of methoxy groups -OCH3 is 1. The van der Waals surface area contributed by atoms with Gasteiger partial charge in [0.15, 0.2) is 0 Å². The first-order valence-corrected chi connectivity index (χ1v) is 9.06. The molecule has 3 unspecified atom stereocenters. The van der Waals surface area contributed by atoms with Crippen LogP contribution in [0.15, 0.2) is 48.5 Å². The number of rotatable bonds is 4. The van der Waals surface area contributed by atoms with Crippen molar-refractivity contribution in [2.45, 2.75) is 31.5 Å². The first kappa shape index (κ1) is 17.5. The molecule has 0 aromatic heterocycles. The molecule has 2 heterocycles. The summed E-state index contributed by atoms with van der Waals surface area (Å²) >= 11 is 0. The van der Waals surface area contributed by atoms with E-state index >= 15 is 0 Å². The molecule has 0 saturated carbocycles. The largest absolute Gasteiger partial charge is 0.495 e. The van der Waals surface area contributed by atoms with Crippen molar-refractivity contribution in [2.24, 2.45) is 0 Å². The lowest BCUT2D eigenvalue weighted by atomic mass is 10.0. The summed E-state index contributed by atoms with van der Waals surface area (Å²) in [6.45, 7) is 1.86. The van der Waals surface area contributed by atoms with Crippen LogP contribution in [0.25, 0.3) is 11.1 Å². The van der Waals surface area contributed by atoms with Crippen molar-refractivity contribution in [1.29, 1.82) is 0 Å². The molecule has 2 aliphatic rings. The standard InChI is InChI=1S/C21H22N2O4/c1-13(24)20(25)22-12-16-11-18(22)21(26)23(16)17-10-15(8-9-19(17)27-2)14-6-4-3-5-7-14/h3-10,13,16,18,24H,11-12H2,1-2H3. The highest BCUT2D eigenvalue weighted by molar-refractivity contribution is 6.05. The molecule has 2 aromatic carbocycles. The minimum atomic E-state index is -1.10. The van der Waals surface area contributed by atoms with Crippen molar-refractivity contribution < 1.29 is 19.4 Å². The Morgan fingerprint density at radius 2 is 1.93 bits per heavy atom. The van der Waals surface area contributed by atoms with Crippen molar-refractivity contribution in [2.75, 3.05) is 18.6 Å². The maximum atomic E-state index is 13.0. The number of piperazine rings is 1. The number of amides is 2. The highest BCUT2D eigenvalue weighted by atomic mass is 16.5. The van der Waals surface area contributed by atoms with Gasteiger partial charge in [-0.1, -0.05) is 36.4 Å². The summed E-state index contributed by atoms with van der Waals surface area (Å²) in [5, 5.41) is 9.59. The van der Waals surface area contributed by atoms with Crippen LogP contribution in [0.3, 0.4) is 0 Å². The summed E-state index contributed by atoms with van der Waals surface area (Å²) in [6, 6.07) is 15.1. The molecule has 140 valence electrons. The monoisotopic (exact) mass is 366 g/mol. The summed E-state index contributed by atoms with van der Waals surface area (Å²) in [6.07, 6.45) is -0.516. The molecule has 0 spiro atoms. The molecule has 27 heavy (non-hydrogen) atoms. The number of ether oxygens (including phenoxy) is 1. The Labute approximate surface area is 158 Å². The van der Waals surface area contributed by atoms with Crippen LogP contribution in [-0.2, 0) is 9.59 Å². The fourth-order valence-electron chi connectivity index (χ4n) is 4.06. The van der Waals surface area contributed by atoms with Crippen LogP contribution in [0.2, 0.25) is 0 Å². The van der Waals surface area contributed by atoms with E-state index < -0.39 is 12.1 Å². The van der Waals surface area contributed by atoms with E-state index in [1.165, 1.54) is 11.8 Å². The fraction of sp³-hybridized carbons (Fsp3) is 0.333. The fourth-order valence-corrected chi connectivity index (χ4v) is 4.06. The van der Waals surface area contributed by atoms with Crippen LogP contribution in [0, 0.1) is 0 Å². The molecule has 2 fully saturated rings. The number of aliphatic hydroxyl groups is 1. The third kappa shape index (κ3) is 2.86. The van der Waals surface area contributed by atoms with Crippen LogP contribution in [0.1, 0.15) is 13.3 Å². The molecule has 2 saturated heterocycles. The molecule has 6 nitrogen and oxygen atoms in total. The number of hydrogen-bond donors (Lipinski definition) is 1. The Balaban J connectivity index is 1.68. The average Bonchev–Trinajstić information content (AvgIpc) is 3.25. The molecule has 1 N–H and O–H groups in total. The number of aliphatic hydroxyl groups excluding tert-OH is 1.